The van der Waals surface area contributed by atoms with Crippen LogP contribution in [0, 0.1) is 28.6 Å². The predicted molar refractivity (Wildman–Crippen MR) is 85.3 cm³/mol. The van der Waals surface area contributed by atoms with Crippen LogP contribution in [0.4, 0.5) is 0 Å². The molecule has 3 nitrogen and oxygen atoms in total. The van der Waals surface area contributed by atoms with Gasteiger partial charge in [0.25, 0.3) is 0 Å². The average molecular weight is 300 g/mol. The number of fused-ring (bicyclic) bond motifs is 6. The Labute approximate surface area is 133 Å². The Morgan fingerprint density at radius 3 is 2.59 bits per heavy atom. The van der Waals surface area contributed by atoms with Gasteiger partial charge in [-0.3, -0.25) is 0 Å². The first kappa shape index (κ1) is 13.7. The Morgan fingerprint density at radius 1 is 1.05 bits per heavy atom. The Morgan fingerprint density at radius 2 is 1.82 bits per heavy atom. The zero-order chi connectivity index (χ0) is 15.2. The van der Waals surface area contributed by atoms with E-state index in [1.807, 2.05) is 0 Å². The molecule has 0 aromatic heterocycles. The summed E-state index contributed by atoms with van der Waals surface area (Å²) >= 11 is 0. The smallest absolute Gasteiger partial charge is 0.196 e. The molecule has 120 valence electrons. The summed E-state index contributed by atoms with van der Waals surface area (Å²) < 4.78 is 0. The molecule has 5 rings (SSSR count). The lowest BCUT2D eigenvalue weighted by Gasteiger charge is -2.57. The lowest BCUT2D eigenvalue weighted by Crippen LogP contribution is -2.51. The Hall–Kier alpha value is -0.700. The minimum absolute atomic E-state index is 0.0241. The van der Waals surface area contributed by atoms with Crippen LogP contribution in [0.5, 0.6) is 0 Å². The van der Waals surface area contributed by atoms with Gasteiger partial charge >= 0.3 is 0 Å². The predicted octanol–water partition coefficient (Wildman–Crippen LogP) is 4.47. The van der Waals surface area contributed by atoms with Crippen molar-refractivity contribution < 1.29 is 5.11 Å². The van der Waals surface area contributed by atoms with E-state index in [1.54, 1.807) is 5.57 Å². The summed E-state index contributed by atoms with van der Waals surface area (Å²) in [5.74, 6) is 2.46. The molecule has 3 saturated carbocycles. The molecule has 0 aromatic carbocycles. The van der Waals surface area contributed by atoms with Crippen LogP contribution in [-0.2, 0) is 0 Å². The first-order valence-corrected chi connectivity index (χ1v) is 9.30. The van der Waals surface area contributed by atoms with Gasteiger partial charge in [0.2, 0.25) is 0 Å². The number of rotatable bonds is 0. The van der Waals surface area contributed by atoms with E-state index in [1.165, 1.54) is 38.5 Å². The molecular weight excluding hydrogens is 272 g/mol. The fraction of sp³-hybridized carbons (Fsp3) is 0.895. The van der Waals surface area contributed by atoms with Crippen LogP contribution in [0.25, 0.3) is 0 Å². The summed E-state index contributed by atoms with van der Waals surface area (Å²) in [6, 6.07) is 0. The van der Waals surface area contributed by atoms with Crippen LogP contribution in [-0.4, -0.2) is 16.9 Å². The third-order valence-electron chi connectivity index (χ3n) is 8.53. The number of nitrogens with zero attached hydrogens (tertiary/aromatic N) is 2. The van der Waals surface area contributed by atoms with E-state index in [9.17, 15) is 5.11 Å². The van der Waals surface area contributed by atoms with Crippen molar-refractivity contribution in [3.05, 3.63) is 11.6 Å². The fourth-order valence-corrected chi connectivity index (χ4v) is 7.02. The minimum atomic E-state index is -0.0939. The highest BCUT2D eigenvalue weighted by Gasteiger charge is 2.68. The summed E-state index contributed by atoms with van der Waals surface area (Å²) in [4.78, 5) is 0. The second-order valence-electron chi connectivity index (χ2n) is 9.17. The highest BCUT2D eigenvalue weighted by molar-refractivity contribution is 5.27. The molecule has 4 aliphatic carbocycles. The summed E-state index contributed by atoms with van der Waals surface area (Å²) in [5.41, 5.74) is 2.29. The fourth-order valence-electron chi connectivity index (χ4n) is 7.02. The average Bonchev–Trinajstić information content (AvgIpc) is 3.22. The van der Waals surface area contributed by atoms with E-state index in [2.05, 4.69) is 30.2 Å². The largest absolute Gasteiger partial charge is 0.393 e. The van der Waals surface area contributed by atoms with Crippen LogP contribution in [0.3, 0.4) is 0 Å². The molecule has 3 heteroatoms. The third-order valence-corrected chi connectivity index (χ3v) is 8.53. The Balaban J connectivity index is 1.51. The molecule has 1 heterocycles. The Bertz CT molecular complexity index is 576. The maximum absolute atomic E-state index is 10.1. The number of aliphatic hydroxyl groups excluding tert-OH is 1. The van der Waals surface area contributed by atoms with Crippen molar-refractivity contribution in [2.75, 3.05) is 0 Å². The van der Waals surface area contributed by atoms with Gasteiger partial charge in [-0.25, -0.2) is 0 Å². The van der Waals surface area contributed by atoms with E-state index < -0.39 is 0 Å². The van der Waals surface area contributed by atoms with Crippen LogP contribution in [0.1, 0.15) is 65.2 Å². The highest BCUT2D eigenvalue weighted by atomic mass is 16.3. The molecule has 1 aliphatic heterocycles. The number of hydrogen-bond acceptors (Lipinski definition) is 3. The van der Waals surface area contributed by atoms with Crippen molar-refractivity contribution in [1.29, 1.82) is 0 Å². The van der Waals surface area contributed by atoms with Crippen molar-refractivity contribution >= 4 is 0 Å². The molecule has 1 spiro atoms. The van der Waals surface area contributed by atoms with E-state index >= 15 is 0 Å². The topological polar surface area (TPSA) is 45.0 Å². The first-order valence-electron chi connectivity index (χ1n) is 9.30. The lowest BCUT2D eigenvalue weighted by atomic mass is 9.47. The van der Waals surface area contributed by atoms with Gasteiger partial charge in [0, 0.05) is 5.41 Å². The SMILES string of the molecule is C[C@]12CCC(O)CC1=CC[C@H]1[C@@H]2CC[C@]2(C)[C@H]1CCC21N=N1. The number of aliphatic hydroxyl groups is 1. The van der Waals surface area contributed by atoms with Crippen LogP contribution < -0.4 is 0 Å². The standard InChI is InChI=1S/C19H28N2O/c1-17-8-5-13(22)11-12(17)3-4-14-15(17)6-9-18(2)16(14)7-10-19(18)20-21-19/h3,13-16,22H,4-11H2,1-2H3/t13?,14-,15-,16-,17-,18+/m0/s1. The van der Waals surface area contributed by atoms with Gasteiger partial charge in [0.15, 0.2) is 5.66 Å². The number of hydrogen-bond donors (Lipinski definition) is 1. The summed E-state index contributed by atoms with van der Waals surface area (Å²) in [6.45, 7) is 4.98. The summed E-state index contributed by atoms with van der Waals surface area (Å²) in [6.07, 6.45) is 11.9. The van der Waals surface area contributed by atoms with Crippen LogP contribution in [0.2, 0.25) is 0 Å². The van der Waals surface area contributed by atoms with E-state index in [4.69, 9.17) is 0 Å². The van der Waals surface area contributed by atoms with Gasteiger partial charge in [0.05, 0.1) is 6.10 Å². The zero-order valence-corrected chi connectivity index (χ0v) is 13.9. The summed E-state index contributed by atoms with van der Waals surface area (Å²) in [5, 5.41) is 19.1. The minimum Gasteiger partial charge on any atom is -0.393 e. The van der Waals surface area contributed by atoms with Crippen molar-refractivity contribution in [3.63, 3.8) is 0 Å². The Kier molecular flexibility index (Phi) is 2.51. The second kappa shape index (κ2) is 4.03. The van der Waals surface area contributed by atoms with Gasteiger partial charge in [-0.15, -0.1) is 0 Å². The highest BCUT2D eigenvalue weighted by Crippen LogP contribution is 2.70. The van der Waals surface area contributed by atoms with Crippen molar-refractivity contribution in [1.82, 2.24) is 0 Å². The van der Waals surface area contributed by atoms with Gasteiger partial charge < -0.3 is 5.11 Å². The molecule has 22 heavy (non-hydrogen) atoms. The molecule has 0 amide bonds. The van der Waals surface area contributed by atoms with Gasteiger partial charge in [-0.1, -0.05) is 25.5 Å². The molecule has 6 atom stereocenters. The molecule has 0 saturated heterocycles. The van der Waals surface area contributed by atoms with Gasteiger partial charge in [0.1, 0.15) is 0 Å². The molecule has 0 aromatic rings. The molecule has 3 fully saturated rings. The van der Waals surface area contributed by atoms with Crippen molar-refractivity contribution in [3.8, 4) is 0 Å². The third kappa shape index (κ3) is 1.47. The van der Waals surface area contributed by atoms with E-state index in [0.717, 1.165) is 30.6 Å². The zero-order valence-electron chi connectivity index (χ0n) is 13.9. The molecule has 1 unspecified atom stereocenters. The van der Waals surface area contributed by atoms with Crippen LogP contribution >= 0.6 is 0 Å². The van der Waals surface area contributed by atoms with Gasteiger partial charge in [-0.05, 0) is 74.5 Å². The van der Waals surface area contributed by atoms with E-state index in [0.29, 0.717) is 10.8 Å². The number of allylic oxidation sites excluding steroid dienone is 1. The quantitative estimate of drug-likeness (QED) is 0.659. The van der Waals surface area contributed by atoms with Crippen LogP contribution in [0.15, 0.2) is 21.9 Å². The summed E-state index contributed by atoms with van der Waals surface area (Å²) in [7, 11) is 0. The molecule has 1 N–H and O–H groups in total. The van der Waals surface area contributed by atoms with E-state index in [-0.39, 0.29) is 11.8 Å². The molecule has 5 aliphatic rings. The normalized spacial score (nSPS) is 54.4. The van der Waals surface area contributed by atoms with Crippen molar-refractivity contribution in [2.24, 2.45) is 38.8 Å². The maximum atomic E-state index is 10.1. The monoisotopic (exact) mass is 300 g/mol. The first-order chi connectivity index (χ1) is 10.5. The molecule has 0 bridgehead atoms. The lowest BCUT2D eigenvalue weighted by molar-refractivity contribution is -0.0453. The second-order valence-corrected chi connectivity index (χ2v) is 9.17. The van der Waals surface area contributed by atoms with Gasteiger partial charge in [-0.2, -0.15) is 10.2 Å². The molecular formula is C19H28N2O. The molecule has 0 radical (unpaired) electrons. The maximum Gasteiger partial charge on any atom is 0.196 e. The van der Waals surface area contributed by atoms with Crippen molar-refractivity contribution in [2.45, 2.75) is 77.0 Å².